The maximum Gasteiger partial charge on any atom is 0.153 e. The van der Waals surface area contributed by atoms with Crippen LogP contribution in [0, 0.1) is 0 Å². The molecule has 1 aromatic carbocycles. The largest absolute Gasteiger partial charge is 0.384 e. The van der Waals surface area contributed by atoms with Crippen molar-refractivity contribution in [2.45, 2.75) is 30.1 Å². The van der Waals surface area contributed by atoms with E-state index < -0.39 is 20.7 Å². The van der Waals surface area contributed by atoms with Crippen molar-refractivity contribution < 1.29 is 13.5 Å². The van der Waals surface area contributed by atoms with Crippen LogP contribution < -0.4 is 0 Å². The molecule has 2 rings (SSSR count). The Labute approximate surface area is 106 Å². The second-order valence-electron chi connectivity index (χ2n) is 4.61. The van der Waals surface area contributed by atoms with Crippen LogP contribution in [0.25, 0.3) is 0 Å². The fourth-order valence-electron chi connectivity index (χ4n) is 2.65. The Morgan fingerprint density at radius 2 is 2.06 bits per heavy atom. The summed E-state index contributed by atoms with van der Waals surface area (Å²) < 4.78 is 23.5. The van der Waals surface area contributed by atoms with Gasteiger partial charge in [0.05, 0.1) is 5.25 Å². The molecular formula is C12H15ClO3S. The van der Waals surface area contributed by atoms with Crippen molar-refractivity contribution in [1.29, 1.82) is 0 Å². The molecule has 1 fully saturated rings. The molecule has 0 saturated heterocycles. The summed E-state index contributed by atoms with van der Waals surface area (Å²) in [4.78, 5) is 0. The molecule has 0 aromatic heterocycles. The maximum atomic E-state index is 11.7. The molecule has 2 atom stereocenters. The lowest BCUT2D eigenvalue weighted by molar-refractivity contribution is 0.0478. The summed E-state index contributed by atoms with van der Waals surface area (Å²) in [6, 6.07) is 6.90. The van der Waals surface area contributed by atoms with Gasteiger partial charge in [-0.15, -0.1) is 0 Å². The van der Waals surface area contributed by atoms with Crippen LogP contribution in [0.3, 0.4) is 0 Å². The van der Waals surface area contributed by atoms with Crippen molar-refractivity contribution in [1.82, 2.24) is 0 Å². The van der Waals surface area contributed by atoms with Gasteiger partial charge in [0.15, 0.2) is 9.84 Å². The summed E-state index contributed by atoms with van der Waals surface area (Å²) >= 11 is 6.05. The summed E-state index contributed by atoms with van der Waals surface area (Å²) in [5, 5.41) is 10.3. The lowest BCUT2D eigenvalue weighted by Crippen LogP contribution is -2.39. The highest BCUT2D eigenvalue weighted by atomic mass is 35.5. The fourth-order valence-corrected chi connectivity index (χ4v) is 4.49. The molecule has 17 heavy (non-hydrogen) atoms. The first-order valence-corrected chi connectivity index (χ1v) is 7.85. The fraction of sp³-hybridized carbons (Fsp3) is 0.500. The highest BCUT2D eigenvalue weighted by molar-refractivity contribution is 7.91. The molecular weight excluding hydrogens is 260 g/mol. The normalized spacial score (nSPS) is 29.5. The van der Waals surface area contributed by atoms with Gasteiger partial charge in [0.25, 0.3) is 0 Å². The van der Waals surface area contributed by atoms with Crippen molar-refractivity contribution in [2.24, 2.45) is 0 Å². The Morgan fingerprint density at radius 3 is 2.65 bits per heavy atom. The number of hydrogen-bond acceptors (Lipinski definition) is 3. The first-order chi connectivity index (χ1) is 7.86. The Morgan fingerprint density at radius 1 is 1.41 bits per heavy atom. The van der Waals surface area contributed by atoms with Gasteiger partial charge in [-0.3, -0.25) is 0 Å². The molecule has 1 aliphatic rings. The van der Waals surface area contributed by atoms with Gasteiger partial charge in [-0.05, 0) is 25.3 Å². The smallest absolute Gasteiger partial charge is 0.153 e. The number of aliphatic hydroxyl groups is 1. The average Bonchev–Trinajstić information content (AvgIpc) is 2.61. The molecule has 0 heterocycles. The minimum Gasteiger partial charge on any atom is -0.384 e. The second kappa shape index (κ2) is 4.26. The van der Waals surface area contributed by atoms with E-state index in [0.29, 0.717) is 29.8 Å². The van der Waals surface area contributed by atoms with Crippen LogP contribution in [0.1, 0.15) is 24.8 Å². The molecule has 0 aliphatic heterocycles. The third kappa shape index (κ3) is 2.21. The van der Waals surface area contributed by atoms with E-state index in [1.807, 2.05) is 0 Å². The lowest BCUT2D eigenvalue weighted by Gasteiger charge is -2.30. The second-order valence-corrected chi connectivity index (χ2v) is 7.25. The highest BCUT2D eigenvalue weighted by Gasteiger charge is 2.48. The topological polar surface area (TPSA) is 54.4 Å². The SMILES string of the molecule is CS(=O)(=O)C1CCCC1(O)c1ccccc1Cl. The van der Waals surface area contributed by atoms with E-state index in [9.17, 15) is 13.5 Å². The summed E-state index contributed by atoms with van der Waals surface area (Å²) in [5.41, 5.74) is -0.819. The van der Waals surface area contributed by atoms with E-state index in [0.717, 1.165) is 0 Å². The monoisotopic (exact) mass is 274 g/mol. The Hall–Kier alpha value is -0.580. The van der Waals surface area contributed by atoms with Gasteiger partial charge >= 0.3 is 0 Å². The van der Waals surface area contributed by atoms with Gasteiger partial charge in [0, 0.05) is 16.8 Å². The molecule has 0 bridgehead atoms. The highest BCUT2D eigenvalue weighted by Crippen LogP contribution is 2.44. The van der Waals surface area contributed by atoms with Crippen molar-refractivity contribution in [3.05, 3.63) is 34.9 Å². The molecule has 0 amide bonds. The first kappa shape index (κ1) is 12.9. The van der Waals surface area contributed by atoms with Crippen molar-refractivity contribution in [3.8, 4) is 0 Å². The van der Waals surface area contributed by atoms with Gasteiger partial charge in [-0.1, -0.05) is 29.8 Å². The first-order valence-electron chi connectivity index (χ1n) is 5.52. The average molecular weight is 275 g/mol. The zero-order valence-electron chi connectivity index (χ0n) is 9.56. The maximum absolute atomic E-state index is 11.7. The van der Waals surface area contributed by atoms with Crippen LogP contribution in [0.5, 0.6) is 0 Å². The predicted molar refractivity (Wildman–Crippen MR) is 67.8 cm³/mol. The molecule has 3 nitrogen and oxygen atoms in total. The summed E-state index contributed by atoms with van der Waals surface area (Å²) in [7, 11) is -3.28. The molecule has 0 spiro atoms. The molecule has 1 aromatic rings. The number of hydrogen-bond donors (Lipinski definition) is 1. The van der Waals surface area contributed by atoms with E-state index in [1.165, 1.54) is 6.26 Å². The van der Waals surface area contributed by atoms with Gasteiger partial charge in [0.1, 0.15) is 5.60 Å². The Kier molecular flexibility index (Phi) is 3.23. The number of benzene rings is 1. The number of rotatable bonds is 2. The number of halogens is 1. The molecule has 2 unspecified atom stereocenters. The van der Waals surface area contributed by atoms with Crippen molar-refractivity contribution >= 4 is 21.4 Å². The summed E-state index contributed by atoms with van der Waals surface area (Å²) in [5.74, 6) is 0. The number of sulfone groups is 1. The van der Waals surface area contributed by atoms with Crippen molar-refractivity contribution in [2.75, 3.05) is 6.26 Å². The zero-order valence-corrected chi connectivity index (χ0v) is 11.1. The van der Waals surface area contributed by atoms with Gasteiger partial charge in [-0.2, -0.15) is 0 Å². The van der Waals surface area contributed by atoms with E-state index >= 15 is 0 Å². The lowest BCUT2D eigenvalue weighted by atomic mass is 9.92. The molecule has 0 radical (unpaired) electrons. The molecule has 1 saturated carbocycles. The predicted octanol–water partition coefficient (Wildman–Crippen LogP) is 2.12. The summed E-state index contributed by atoms with van der Waals surface area (Å²) in [6.45, 7) is 0. The van der Waals surface area contributed by atoms with Crippen LogP contribution in [-0.4, -0.2) is 25.0 Å². The molecule has 1 N–H and O–H groups in total. The van der Waals surface area contributed by atoms with Crippen molar-refractivity contribution in [3.63, 3.8) is 0 Å². The van der Waals surface area contributed by atoms with Gasteiger partial charge in [0.2, 0.25) is 0 Å². The van der Waals surface area contributed by atoms with E-state index in [2.05, 4.69) is 0 Å². The standard InChI is InChI=1S/C12H15ClO3S/c1-17(15,16)11-7-4-8-12(11,14)9-5-2-3-6-10(9)13/h2-3,5-6,11,14H,4,7-8H2,1H3. The zero-order chi connectivity index (χ0) is 12.7. The Balaban J connectivity index is 2.53. The molecule has 94 valence electrons. The third-order valence-corrected chi connectivity index (χ3v) is 5.40. The quantitative estimate of drug-likeness (QED) is 0.899. The van der Waals surface area contributed by atoms with Crippen LogP contribution in [0.15, 0.2) is 24.3 Å². The van der Waals surface area contributed by atoms with Crippen LogP contribution in [0.2, 0.25) is 5.02 Å². The minimum absolute atomic E-state index is 0.422. The van der Waals surface area contributed by atoms with E-state index in [4.69, 9.17) is 11.6 Å². The van der Waals surface area contributed by atoms with Crippen LogP contribution in [-0.2, 0) is 15.4 Å². The minimum atomic E-state index is -3.28. The van der Waals surface area contributed by atoms with Crippen LogP contribution in [0.4, 0.5) is 0 Å². The van der Waals surface area contributed by atoms with Gasteiger partial charge < -0.3 is 5.11 Å². The van der Waals surface area contributed by atoms with E-state index in [1.54, 1.807) is 24.3 Å². The molecule has 1 aliphatic carbocycles. The van der Waals surface area contributed by atoms with Crippen LogP contribution >= 0.6 is 11.6 Å². The van der Waals surface area contributed by atoms with E-state index in [-0.39, 0.29) is 0 Å². The molecule has 5 heteroatoms. The third-order valence-electron chi connectivity index (χ3n) is 3.41. The van der Waals surface area contributed by atoms with Gasteiger partial charge in [-0.25, -0.2) is 8.42 Å². The summed E-state index contributed by atoms with van der Waals surface area (Å²) in [6.07, 6.45) is 2.79. The Bertz CT molecular complexity index is 526.